The molecule has 10 heteroatoms. The van der Waals surface area contributed by atoms with Crippen LogP contribution >= 0.6 is 11.3 Å². The molecule has 2 aromatic carbocycles. The zero-order valence-electron chi connectivity index (χ0n) is 17.1. The van der Waals surface area contributed by atoms with E-state index in [2.05, 4.69) is 20.2 Å². The molecule has 0 bridgehead atoms. The Kier molecular flexibility index (Phi) is 5.64. The third-order valence-electron chi connectivity index (χ3n) is 4.82. The molecule has 32 heavy (non-hydrogen) atoms. The molecule has 1 atom stereocenters. The summed E-state index contributed by atoms with van der Waals surface area (Å²) in [5.74, 6) is -0.567. The van der Waals surface area contributed by atoms with Gasteiger partial charge >= 0.3 is 6.36 Å². The Balaban J connectivity index is 1.47. The van der Waals surface area contributed by atoms with E-state index in [-0.39, 0.29) is 11.7 Å². The number of rotatable bonds is 5. The van der Waals surface area contributed by atoms with Crippen molar-refractivity contribution in [1.82, 2.24) is 4.98 Å². The Hall–Kier alpha value is -3.40. The number of benzene rings is 2. The Morgan fingerprint density at radius 1 is 1.16 bits per heavy atom. The van der Waals surface area contributed by atoms with E-state index >= 15 is 0 Å². The standard InChI is InChI=1S/C22H18F3N3O3S/c1-13-18(32-20(26-13)27-19(29)15-6-4-3-5-7-15)21(2)12-17(28-31-21)14-8-10-16(11-9-14)30-22(23,24)25/h3-11H,12H2,1-2H3,(H,26,27,29). The number of thiazole rings is 1. The van der Waals surface area contributed by atoms with Gasteiger partial charge in [0.15, 0.2) is 10.7 Å². The first-order valence-electron chi connectivity index (χ1n) is 9.58. The van der Waals surface area contributed by atoms with Crippen molar-refractivity contribution in [3.8, 4) is 5.75 Å². The van der Waals surface area contributed by atoms with Crippen LogP contribution in [0.1, 0.15) is 39.8 Å². The van der Waals surface area contributed by atoms with Gasteiger partial charge in [0.05, 0.1) is 16.3 Å². The summed E-state index contributed by atoms with van der Waals surface area (Å²) in [6, 6.07) is 14.3. The number of nitrogens with zero attached hydrogens (tertiary/aromatic N) is 2. The van der Waals surface area contributed by atoms with Gasteiger partial charge in [0, 0.05) is 12.0 Å². The maximum absolute atomic E-state index is 12.4. The molecule has 1 aromatic heterocycles. The molecule has 3 aromatic rings. The summed E-state index contributed by atoms with van der Waals surface area (Å²) in [4.78, 5) is 23.4. The molecule has 166 valence electrons. The smallest absolute Gasteiger partial charge is 0.406 e. The van der Waals surface area contributed by atoms with E-state index in [1.54, 1.807) is 24.3 Å². The van der Waals surface area contributed by atoms with Crippen molar-refractivity contribution >= 4 is 28.1 Å². The molecule has 1 unspecified atom stereocenters. The quantitative estimate of drug-likeness (QED) is 0.534. The topological polar surface area (TPSA) is 72.8 Å². The van der Waals surface area contributed by atoms with E-state index in [1.165, 1.54) is 35.6 Å². The fourth-order valence-corrected chi connectivity index (χ4v) is 4.40. The molecular weight excluding hydrogens is 443 g/mol. The normalized spacial score (nSPS) is 18.1. The predicted octanol–water partition coefficient (Wildman–Crippen LogP) is 5.64. The predicted molar refractivity (Wildman–Crippen MR) is 114 cm³/mol. The summed E-state index contributed by atoms with van der Waals surface area (Å²) in [5.41, 5.74) is 1.63. The van der Waals surface area contributed by atoms with Crippen LogP contribution in [0.4, 0.5) is 18.3 Å². The average Bonchev–Trinajstić information content (AvgIpc) is 3.32. The molecule has 0 radical (unpaired) electrons. The maximum Gasteiger partial charge on any atom is 0.573 e. The molecule has 0 saturated carbocycles. The number of aryl methyl sites for hydroxylation is 1. The molecule has 1 aliphatic rings. The minimum Gasteiger partial charge on any atom is -0.406 e. The van der Waals surface area contributed by atoms with Gasteiger partial charge in [0.1, 0.15) is 5.75 Å². The van der Waals surface area contributed by atoms with Crippen molar-refractivity contribution in [2.24, 2.45) is 5.16 Å². The molecule has 1 aliphatic heterocycles. The van der Waals surface area contributed by atoms with Crippen LogP contribution in [0.2, 0.25) is 0 Å². The number of anilines is 1. The van der Waals surface area contributed by atoms with E-state index in [4.69, 9.17) is 4.84 Å². The van der Waals surface area contributed by atoms with Crippen molar-refractivity contribution in [2.75, 3.05) is 5.32 Å². The van der Waals surface area contributed by atoms with Crippen LogP contribution in [0, 0.1) is 6.92 Å². The van der Waals surface area contributed by atoms with Gasteiger partial charge in [-0.2, -0.15) is 0 Å². The van der Waals surface area contributed by atoms with Gasteiger partial charge in [0.25, 0.3) is 5.91 Å². The number of amides is 1. The van der Waals surface area contributed by atoms with Crippen LogP contribution < -0.4 is 10.1 Å². The van der Waals surface area contributed by atoms with Gasteiger partial charge in [-0.15, -0.1) is 13.2 Å². The molecule has 6 nitrogen and oxygen atoms in total. The summed E-state index contributed by atoms with van der Waals surface area (Å²) < 4.78 is 41.0. The number of halogens is 3. The first-order chi connectivity index (χ1) is 15.1. The SMILES string of the molecule is Cc1nc(NC(=O)c2ccccc2)sc1C1(C)CC(c2ccc(OC(F)(F)F)cc2)=NO1. The number of carbonyl (C=O) groups is 1. The second kappa shape index (κ2) is 8.27. The fraction of sp³-hybridized carbons (Fsp3) is 0.227. The molecule has 4 rings (SSSR count). The maximum atomic E-state index is 12.4. The van der Waals surface area contributed by atoms with Crippen molar-refractivity contribution in [1.29, 1.82) is 0 Å². The summed E-state index contributed by atoms with van der Waals surface area (Å²) in [7, 11) is 0. The number of carbonyl (C=O) groups excluding carboxylic acids is 1. The zero-order valence-corrected chi connectivity index (χ0v) is 17.9. The minimum absolute atomic E-state index is 0.263. The molecule has 2 heterocycles. The Morgan fingerprint density at radius 3 is 2.50 bits per heavy atom. The fourth-order valence-electron chi connectivity index (χ4n) is 3.36. The molecule has 0 spiro atoms. The van der Waals surface area contributed by atoms with Crippen molar-refractivity contribution < 1.29 is 27.5 Å². The van der Waals surface area contributed by atoms with E-state index in [0.29, 0.717) is 34.1 Å². The third-order valence-corrected chi connectivity index (χ3v) is 6.13. The largest absolute Gasteiger partial charge is 0.573 e. The van der Waals surface area contributed by atoms with Gasteiger partial charge in [-0.05, 0) is 55.8 Å². The summed E-state index contributed by atoms with van der Waals surface area (Å²) in [6.07, 6.45) is -4.35. The first-order valence-corrected chi connectivity index (χ1v) is 10.4. The van der Waals surface area contributed by atoms with E-state index in [1.807, 2.05) is 19.9 Å². The number of oxime groups is 1. The van der Waals surface area contributed by atoms with Gasteiger partial charge in [-0.1, -0.05) is 34.7 Å². The van der Waals surface area contributed by atoms with Crippen LogP contribution in [0.25, 0.3) is 0 Å². The number of nitrogens with one attached hydrogen (secondary N) is 1. The van der Waals surface area contributed by atoms with Crippen LogP contribution in [0.5, 0.6) is 5.75 Å². The minimum atomic E-state index is -4.74. The van der Waals surface area contributed by atoms with E-state index < -0.39 is 12.0 Å². The lowest BCUT2D eigenvalue weighted by atomic mass is 9.94. The summed E-state index contributed by atoms with van der Waals surface area (Å²) in [5, 5.41) is 7.38. The van der Waals surface area contributed by atoms with Crippen molar-refractivity contribution in [3.05, 3.63) is 76.3 Å². The van der Waals surface area contributed by atoms with Gasteiger partial charge in [-0.3, -0.25) is 10.1 Å². The highest BCUT2D eigenvalue weighted by atomic mass is 32.1. The number of ether oxygens (including phenoxy) is 1. The van der Waals surface area contributed by atoms with Crippen molar-refractivity contribution in [2.45, 2.75) is 32.2 Å². The lowest BCUT2D eigenvalue weighted by Gasteiger charge is -2.20. The molecule has 0 saturated heterocycles. The van der Waals surface area contributed by atoms with E-state index in [0.717, 1.165) is 4.88 Å². The third kappa shape index (κ3) is 4.75. The average molecular weight is 461 g/mol. The van der Waals surface area contributed by atoms with Crippen molar-refractivity contribution in [3.63, 3.8) is 0 Å². The van der Waals surface area contributed by atoms with Gasteiger partial charge in [0.2, 0.25) is 0 Å². The Bertz CT molecular complexity index is 1160. The highest BCUT2D eigenvalue weighted by Gasteiger charge is 2.40. The number of alkyl halides is 3. The number of hydrogen-bond acceptors (Lipinski definition) is 6. The zero-order chi connectivity index (χ0) is 22.9. The van der Waals surface area contributed by atoms with E-state index in [9.17, 15) is 18.0 Å². The molecule has 1 N–H and O–H groups in total. The second-order valence-corrected chi connectivity index (χ2v) is 8.36. The van der Waals surface area contributed by atoms with Gasteiger partial charge < -0.3 is 9.57 Å². The monoisotopic (exact) mass is 461 g/mol. The lowest BCUT2D eigenvalue weighted by molar-refractivity contribution is -0.274. The van der Waals surface area contributed by atoms with Crippen LogP contribution in [-0.2, 0) is 10.4 Å². The van der Waals surface area contributed by atoms with Crippen LogP contribution in [-0.4, -0.2) is 23.0 Å². The van der Waals surface area contributed by atoms with Crippen LogP contribution in [0.15, 0.2) is 59.8 Å². The van der Waals surface area contributed by atoms with Crippen LogP contribution in [0.3, 0.4) is 0 Å². The Labute approximate surface area is 185 Å². The second-order valence-electron chi connectivity index (χ2n) is 7.36. The summed E-state index contributed by atoms with van der Waals surface area (Å²) >= 11 is 1.30. The highest BCUT2D eigenvalue weighted by molar-refractivity contribution is 7.16. The highest BCUT2D eigenvalue weighted by Crippen LogP contribution is 2.42. The lowest BCUT2D eigenvalue weighted by Crippen LogP contribution is -2.21. The number of hydrogen-bond donors (Lipinski definition) is 1. The molecular formula is C22H18F3N3O3S. The summed E-state index contributed by atoms with van der Waals surface area (Å²) in [6.45, 7) is 3.67. The molecule has 0 aliphatic carbocycles. The molecule has 0 fully saturated rings. The first kappa shape index (κ1) is 21.8. The number of aromatic nitrogens is 1. The molecule has 1 amide bonds. The Morgan fingerprint density at radius 2 is 1.84 bits per heavy atom. The van der Waals surface area contributed by atoms with Gasteiger partial charge in [-0.25, -0.2) is 4.98 Å².